The number of carbonyl (C=O) groups is 2. The summed E-state index contributed by atoms with van der Waals surface area (Å²) in [6.45, 7) is 0. The Morgan fingerprint density at radius 3 is 1.97 bits per heavy atom. The van der Waals surface area contributed by atoms with Crippen LogP contribution < -0.4 is 4.74 Å². The quantitative estimate of drug-likeness (QED) is 0.176. The number of Topliss-reactive ketones (excluding diaryl/α,β-unsaturated/α-hetero) is 1. The lowest BCUT2D eigenvalue weighted by molar-refractivity contribution is 0.0890. The zero-order chi connectivity index (χ0) is 27.0. The van der Waals surface area contributed by atoms with E-state index in [2.05, 4.69) is 0 Å². The Morgan fingerprint density at radius 1 is 0.711 bits per heavy atom. The van der Waals surface area contributed by atoms with Crippen molar-refractivity contribution in [1.82, 2.24) is 0 Å². The summed E-state index contributed by atoms with van der Waals surface area (Å²) in [6.07, 6.45) is 1.86. The Morgan fingerprint density at radius 2 is 1.32 bits per heavy atom. The summed E-state index contributed by atoms with van der Waals surface area (Å²) in [4.78, 5) is 26.8. The van der Waals surface area contributed by atoms with Gasteiger partial charge in [0.2, 0.25) is 0 Å². The molecule has 190 valence electrons. The third kappa shape index (κ3) is 4.51. The van der Waals surface area contributed by atoms with E-state index < -0.39 is 35.1 Å². The first kappa shape index (κ1) is 24.5. The molecule has 5 N–H and O–H groups in total. The van der Waals surface area contributed by atoms with Crippen LogP contribution in [0.5, 0.6) is 34.5 Å². The van der Waals surface area contributed by atoms with E-state index in [0.717, 1.165) is 6.07 Å². The van der Waals surface area contributed by atoms with Crippen molar-refractivity contribution in [3.63, 3.8) is 0 Å². The molecule has 0 aromatic heterocycles. The number of phenols is 5. The van der Waals surface area contributed by atoms with Gasteiger partial charge in [-0.25, -0.2) is 0 Å². The van der Waals surface area contributed by atoms with Crippen molar-refractivity contribution < 1.29 is 39.9 Å². The summed E-state index contributed by atoms with van der Waals surface area (Å²) < 4.78 is 6.06. The topological polar surface area (TPSA) is 145 Å². The fourth-order valence-corrected chi connectivity index (χ4v) is 4.48. The molecule has 0 amide bonds. The number of ether oxygens (including phenoxy) is 1. The second-order valence-electron chi connectivity index (χ2n) is 8.84. The van der Waals surface area contributed by atoms with Crippen LogP contribution in [0.3, 0.4) is 0 Å². The minimum Gasteiger partial charge on any atom is -0.508 e. The lowest BCUT2D eigenvalue weighted by atomic mass is 9.83. The highest BCUT2D eigenvalue weighted by Gasteiger charge is 2.44. The number of benzene rings is 4. The lowest BCUT2D eigenvalue weighted by Crippen LogP contribution is -2.19. The molecule has 38 heavy (non-hydrogen) atoms. The molecule has 0 saturated carbocycles. The summed E-state index contributed by atoms with van der Waals surface area (Å²) in [5.74, 6) is -3.09. The van der Waals surface area contributed by atoms with E-state index in [0.29, 0.717) is 11.1 Å². The molecule has 4 aromatic carbocycles. The van der Waals surface area contributed by atoms with Gasteiger partial charge < -0.3 is 30.3 Å². The summed E-state index contributed by atoms with van der Waals surface area (Å²) >= 11 is 0. The second-order valence-corrected chi connectivity index (χ2v) is 8.84. The van der Waals surface area contributed by atoms with E-state index in [1.54, 1.807) is 24.3 Å². The summed E-state index contributed by atoms with van der Waals surface area (Å²) in [5.41, 5.74) is 1.11. The maximum Gasteiger partial charge on any atom is 0.189 e. The van der Waals surface area contributed by atoms with Gasteiger partial charge in [-0.1, -0.05) is 30.3 Å². The normalized spacial score (nSPS) is 16.2. The van der Waals surface area contributed by atoms with Gasteiger partial charge in [-0.3, -0.25) is 9.59 Å². The first-order valence-corrected chi connectivity index (χ1v) is 11.6. The van der Waals surface area contributed by atoms with Crippen LogP contribution in [0.15, 0.2) is 84.9 Å². The van der Waals surface area contributed by atoms with E-state index >= 15 is 0 Å². The van der Waals surface area contributed by atoms with Crippen molar-refractivity contribution in [2.45, 2.75) is 12.0 Å². The molecular formula is C30H22O8. The Balaban J connectivity index is 1.58. The Hall–Kier alpha value is -5.24. The summed E-state index contributed by atoms with van der Waals surface area (Å²) in [7, 11) is 0. The number of rotatable bonds is 6. The van der Waals surface area contributed by atoms with Gasteiger partial charge in [-0.2, -0.15) is 0 Å². The minimum atomic E-state index is -1.15. The van der Waals surface area contributed by atoms with Crippen LogP contribution in [0.4, 0.5) is 0 Å². The molecule has 0 fully saturated rings. The van der Waals surface area contributed by atoms with Crippen LogP contribution in [0.2, 0.25) is 0 Å². The molecular weight excluding hydrogens is 488 g/mol. The molecule has 1 heterocycles. The second kappa shape index (κ2) is 9.67. The molecule has 4 aromatic rings. The molecule has 1 aliphatic rings. The van der Waals surface area contributed by atoms with Crippen molar-refractivity contribution in [2.24, 2.45) is 0 Å². The fraction of sp³-hybridized carbons (Fsp3) is 0.0667. The Labute approximate surface area is 217 Å². The van der Waals surface area contributed by atoms with E-state index in [1.165, 1.54) is 60.7 Å². The van der Waals surface area contributed by atoms with Crippen LogP contribution in [0.25, 0.3) is 6.08 Å². The van der Waals surface area contributed by atoms with Crippen molar-refractivity contribution in [3.8, 4) is 34.5 Å². The number of hydrogen-bond donors (Lipinski definition) is 5. The highest BCUT2D eigenvalue weighted by Crippen LogP contribution is 2.52. The van der Waals surface area contributed by atoms with Crippen molar-refractivity contribution >= 4 is 17.6 Å². The van der Waals surface area contributed by atoms with Gasteiger partial charge in [0.1, 0.15) is 40.6 Å². The molecule has 8 heteroatoms. The number of aromatic hydroxyl groups is 5. The number of fused-ring (bicyclic) bond motifs is 1. The maximum atomic E-state index is 13.8. The van der Waals surface area contributed by atoms with Crippen molar-refractivity contribution in [1.29, 1.82) is 0 Å². The lowest BCUT2D eigenvalue weighted by Gasteiger charge is -2.20. The minimum absolute atomic E-state index is 0.0134. The van der Waals surface area contributed by atoms with Crippen LogP contribution >= 0.6 is 0 Å². The van der Waals surface area contributed by atoms with Gasteiger partial charge >= 0.3 is 0 Å². The van der Waals surface area contributed by atoms with Gasteiger partial charge in [-0.05, 0) is 65.7 Å². The first-order valence-electron chi connectivity index (χ1n) is 11.6. The summed E-state index contributed by atoms with van der Waals surface area (Å²) in [6, 6.07) is 18.7. The molecule has 0 bridgehead atoms. The Bertz CT molecular complexity index is 1570. The van der Waals surface area contributed by atoms with E-state index in [-0.39, 0.29) is 39.7 Å². The number of hydrogen-bond acceptors (Lipinski definition) is 8. The van der Waals surface area contributed by atoms with Crippen molar-refractivity contribution in [3.05, 3.63) is 113 Å². The van der Waals surface area contributed by atoms with Crippen LogP contribution in [0, 0.1) is 0 Å². The number of allylic oxidation sites excluding steroid dienone is 1. The molecule has 0 spiro atoms. The van der Waals surface area contributed by atoms with Crippen molar-refractivity contribution in [2.75, 3.05) is 0 Å². The third-order valence-electron chi connectivity index (χ3n) is 6.38. The maximum absolute atomic E-state index is 13.8. The Kier molecular flexibility index (Phi) is 6.22. The number of carbonyl (C=O) groups excluding carboxylic acids is 2. The van der Waals surface area contributed by atoms with Gasteiger partial charge in [0.05, 0.1) is 22.6 Å². The molecule has 0 radical (unpaired) electrons. The molecule has 0 saturated heterocycles. The van der Waals surface area contributed by atoms with E-state index in [4.69, 9.17) is 4.74 Å². The number of phenolic OH excluding ortho intramolecular Hbond substituents is 5. The molecule has 2 unspecified atom stereocenters. The van der Waals surface area contributed by atoms with E-state index in [1.807, 2.05) is 0 Å². The monoisotopic (exact) mass is 510 g/mol. The predicted octanol–water partition coefficient (Wildman–Crippen LogP) is 5.21. The fourth-order valence-electron chi connectivity index (χ4n) is 4.48. The van der Waals surface area contributed by atoms with Gasteiger partial charge in [0, 0.05) is 6.07 Å². The van der Waals surface area contributed by atoms with Gasteiger partial charge in [0.25, 0.3) is 0 Å². The van der Waals surface area contributed by atoms with Crippen LogP contribution in [0.1, 0.15) is 49.4 Å². The number of ketones is 2. The zero-order valence-electron chi connectivity index (χ0n) is 19.8. The van der Waals surface area contributed by atoms with Crippen LogP contribution in [-0.4, -0.2) is 37.1 Å². The molecule has 8 nitrogen and oxygen atoms in total. The standard InChI is InChI=1S/C30H22O8/c31-18-6-1-16(2-7-18)3-13-23(34)21-12-14-25-26(28(21)36)27(29(37)22-11-10-20(33)15-24(22)35)30(38-25)17-4-8-19(32)9-5-17/h1-15,27,30-33,35-36H/b13-3+. The predicted molar refractivity (Wildman–Crippen MR) is 138 cm³/mol. The smallest absolute Gasteiger partial charge is 0.189 e. The largest absolute Gasteiger partial charge is 0.508 e. The zero-order valence-corrected chi connectivity index (χ0v) is 19.8. The van der Waals surface area contributed by atoms with Crippen LogP contribution in [-0.2, 0) is 0 Å². The molecule has 2 atom stereocenters. The SMILES string of the molecule is O=C(/C=C/c1ccc(O)cc1)c1ccc2c(c1O)C(C(=O)c1ccc(O)cc1O)C(c1ccc(O)cc1)O2. The first-order chi connectivity index (χ1) is 18.2. The van der Waals surface area contributed by atoms with E-state index in [9.17, 15) is 35.1 Å². The molecule has 0 aliphatic carbocycles. The highest BCUT2D eigenvalue weighted by molar-refractivity contribution is 6.10. The van der Waals surface area contributed by atoms with Gasteiger partial charge in [-0.15, -0.1) is 0 Å². The van der Waals surface area contributed by atoms with Gasteiger partial charge in [0.15, 0.2) is 11.6 Å². The average Bonchev–Trinajstić information content (AvgIpc) is 3.29. The average molecular weight is 510 g/mol. The summed E-state index contributed by atoms with van der Waals surface area (Å²) in [5, 5.41) is 50.4. The molecule has 1 aliphatic heterocycles. The third-order valence-corrected chi connectivity index (χ3v) is 6.38. The highest BCUT2D eigenvalue weighted by atomic mass is 16.5. The molecule has 5 rings (SSSR count).